The molecule has 4 heteroatoms. The number of hydrogen-bond donors (Lipinski definition) is 2. The fourth-order valence-corrected chi connectivity index (χ4v) is 1.57. The monoisotopic (exact) mass is 241 g/mol. The van der Waals surface area contributed by atoms with Crippen LogP contribution in [0.2, 0.25) is 0 Å². The van der Waals surface area contributed by atoms with Crippen molar-refractivity contribution in [3.63, 3.8) is 0 Å². The summed E-state index contributed by atoms with van der Waals surface area (Å²) in [5.74, 6) is 0.332. The van der Waals surface area contributed by atoms with Crippen molar-refractivity contribution >= 4 is 17.4 Å². The molecule has 0 bridgehead atoms. The molecule has 3 N–H and O–H groups in total. The van der Waals surface area contributed by atoms with Crippen LogP contribution in [0.25, 0.3) is 0 Å². The van der Waals surface area contributed by atoms with Crippen molar-refractivity contribution in [2.75, 3.05) is 11.1 Å². The van der Waals surface area contributed by atoms with Crippen LogP contribution >= 0.6 is 0 Å². The minimum Gasteiger partial charge on any atom is -0.398 e. The quantitative estimate of drug-likeness (QED) is 0.794. The van der Waals surface area contributed by atoms with E-state index in [1.54, 1.807) is 18.3 Å². The van der Waals surface area contributed by atoms with E-state index in [4.69, 9.17) is 5.73 Å². The van der Waals surface area contributed by atoms with Crippen LogP contribution in [0.1, 0.15) is 21.5 Å². The lowest BCUT2D eigenvalue weighted by Crippen LogP contribution is -2.13. The first-order valence-electron chi connectivity index (χ1n) is 5.66. The van der Waals surface area contributed by atoms with Gasteiger partial charge < -0.3 is 11.1 Å². The average molecular weight is 241 g/mol. The van der Waals surface area contributed by atoms with Crippen LogP contribution < -0.4 is 11.1 Å². The zero-order valence-corrected chi connectivity index (χ0v) is 10.4. The van der Waals surface area contributed by atoms with Crippen molar-refractivity contribution in [3.05, 3.63) is 53.2 Å². The summed E-state index contributed by atoms with van der Waals surface area (Å²) < 4.78 is 0. The van der Waals surface area contributed by atoms with Gasteiger partial charge in [0.2, 0.25) is 0 Å². The molecule has 0 spiro atoms. The molecule has 92 valence electrons. The fourth-order valence-electron chi connectivity index (χ4n) is 1.57. The van der Waals surface area contributed by atoms with E-state index in [-0.39, 0.29) is 5.91 Å². The minimum atomic E-state index is -0.209. The van der Waals surface area contributed by atoms with Gasteiger partial charge in [0.1, 0.15) is 5.82 Å². The van der Waals surface area contributed by atoms with Gasteiger partial charge in [-0.25, -0.2) is 4.98 Å². The Kier molecular flexibility index (Phi) is 3.28. The normalized spacial score (nSPS) is 10.1. The van der Waals surface area contributed by atoms with Crippen molar-refractivity contribution in [1.29, 1.82) is 0 Å². The lowest BCUT2D eigenvalue weighted by Gasteiger charge is -2.06. The zero-order chi connectivity index (χ0) is 13.1. The van der Waals surface area contributed by atoms with Crippen LogP contribution in [-0.2, 0) is 0 Å². The second-order valence-electron chi connectivity index (χ2n) is 4.24. The number of nitrogens with zero attached hydrogens (tertiary/aromatic N) is 1. The zero-order valence-electron chi connectivity index (χ0n) is 10.4. The summed E-state index contributed by atoms with van der Waals surface area (Å²) in [4.78, 5) is 16.1. The van der Waals surface area contributed by atoms with E-state index in [1.807, 2.05) is 32.0 Å². The van der Waals surface area contributed by atoms with Crippen LogP contribution in [-0.4, -0.2) is 10.9 Å². The van der Waals surface area contributed by atoms with Gasteiger partial charge in [-0.1, -0.05) is 6.07 Å². The number of nitrogens with two attached hydrogens (primary N) is 1. The number of anilines is 2. The van der Waals surface area contributed by atoms with Gasteiger partial charge in [0, 0.05) is 17.4 Å². The van der Waals surface area contributed by atoms with Crippen LogP contribution in [0.15, 0.2) is 36.5 Å². The summed E-state index contributed by atoms with van der Waals surface area (Å²) in [6.45, 7) is 3.85. The Labute approximate surface area is 106 Å². The number of hydrogen-bond acceptors (Lipinski definition) is 3. The molecular formula is C14H15N3O. The first kappa shape index (κ1) is 12.1. The van der Waals surface area contributed by atoms with Gasteiger partial charge in [0.15, 0.2) is 0 Å². The molecule has 1 amide bonds. The highest BCUT2D eigenvalue weighted by Crippen LogP contribution is 2.14. The van der Waals surface area contributed by atoms with Crippen molar-refractivity contribution < 1.29 is 4.79 Å². The van der Waals surface area contributed by atoms with Gasteiger partial charge in [0.25, 0.3) is 5.91 Å². The highest BCUT2D eigenvalue weighted by atomic mass is 16.1. The van der Waals surface area contributed by atoms with Crippen LogP contribution in [0.4, 0.5) is 11.5 Å². The maximum Gasteiger partial charge on any atom is 0.256 e. The predicted molar refractivity (Wildman–Crippen MR) is 72.5 cm³/mol. The first-order valence-corrected chi connectivity index (χ1v) is 5.66. The number of benzene rings is 1. The Hall–Kier alpha value is -2.36. The molecule has 18 heavy (non-hydrogen) atoms. The van der Waals surface area contributed by atoms with Gasteiger partial charge in [-0.15, -0.1) is 0 Å². The van der Waals surface area contributed by atoms with E-state index in [0.29, 0.717) is 17.1 Å². The third-order valence-electron chi connectivity index (χ3n) is 2.70. The Morgan fingerprint density at radius 3 is 2.67 bits per heavy atom. The third kappa shape index (κ3) is 2.66. The Bertz CT molecular complexity index is 593. The summed E-state index contributed by atoms with van der Waals surface area (Å²) in [6, 6.07) is 8.93. The number of rotatable bonds is 2. The third-order valence-corrected chi connectivity index (χ3v) is 2.70. The minimum absolute atomic E-state index is 0.209. The smallest absolute Gasteiger partial charge is 0.256 e. The van der Waals surface area contributed by atoms with Crippen LogP contribution in [0, 0.1) is 13.8 Å². The molecule has 0 aliphatic heterocycles. The number of aromatic nitrogens is 1. The molecule has 0 fully saturated rings. The second kappa shape index (κ2) is 4.87. The summed E-state index contributed by atoms with van der Waals surface area (Å²) in [5.41, 5.74) is 8.92. The molecule has 0 unspecified atom stereocenters. The molecule has 0 aliphatic carbocycles. The van der Waals surface area contributed by atoms with Crippen LogP contribution in [0.3, 0.4) is 0 Å². The van der Waals surface area contributed by atoms with E-state index in [2.05, 4.69) is 10.3 Å². The number of carbonyl (C=O) groups is 1. The van der Waals surface area contributed by atoms with E-state index < -0.39 is 0 Å². The largest absolute Gasteiger partial charge is 0.398 e. The second-order valence-corrected chi connectivity index (χ2v) is 4.24. The van der Waals surface area contributed by atoms with Gasteiger partial charge >= 0.3 is 0 Å². The molecule has 0 saturated heterocycles. The number of nitrogen functional groups attached to an aromatic ring is 1. The van der Waals surface area contributed by atoms with Crippen molar-refractivity contribution in [2.45, 2.75) is 13.8 Å². The lowest BCUT2D eigenvalue weighted by atomic mass is 10.1. The van der Waals surface area contributed by atoms with Gasteiger partial charge in [-0.2, -0.15) is 0 Å². The maximum absolute atomic E-state index is 12.0. The Balaban J connectivity index is 2.19. The first-order chi connectivity index (χ1) is 8.56. The summed E-state index contributed by atoms with van der Waals surface area (Å²) in [5, 5.41) is 2.74. The molecule has 2 rings (SSSR count). The molecule has 0 aliphatic rings. The fraction of sp³-hybridized carbons (Fsp3) is 0.143. The molecule has 1 aromatic carbocycles. The van der Waals surface area contributed by atoms with Crippen LogP contribution in [0.5, 0.6) is 0 Å². The van der Waals surface area contributed by atoms with E-state index >= 15 is 0 Å². The van der Waals surface area contributed by atoms with E-state index in [9.17, 15) is 4.79 Å². The Morgan fingerprint density at radius 2 is 2.00 bits per heavy atom. The van der Waals surface area contributed by atoms with Crippen molar-refractivity contribution in [1.82, 2.24) is 4.98 Å². The molecule has 4 nitrogen and oxygen atoms in total. The topological polar surface area (TPSA) is 68.0 Å². The number of aryl methyl sites for hydroxylation is 2. The SMILES string of the molecule is Cc1ccnc(NC(=O)c2ccc(C)c(N)c2)c1. The molecule has 1 heterocycles. The molecule has 0 atom stereocenters. The highest BCUT2D eigenvalue weighted by Gasteiger charge is 2.07. The highest BCUT2D eigenvalue weighted by molar-refractivity contribution is 6.04. The maximum atomic E-state index is 12.0. The van der Waals surface area contributed by atoms with Gasteiger partial charge in [-0.05, 0) is 49.2 Å². The molecule has 0 saturated carbocycles. The summed E-state index contributed by atoms with van der Waals surface area (Å²) >= 11 is 0. The lowest BCUT2D eigenvalue weighted by molar-refractivity contribution is 0.102. The summed E-state index contributed by atoms with van der Waals surface area (Å²) in [6.07, 6.45) is 1.66. The average Bonchev–Trinajstić information content (AvgIpc) is 2.32. The number of amides is 1. The Morgan fingerprint density at radius 1 is 1.22 bits per heavy atom. The number of pyridine rings is 1. The molecular weight excluding hydrogens is 226 g/mol. The number of nitrogens with one attached hydrogen (secondary N) is 1. The molecule has 2 aromatic rings. The van der Waals surface area contributed by atoms with Crippen molar-refractivity contribution in [3.8, 4) is 0 Å². The van der Waals surface area contributed by atoms with E-state index in [0.717, 1.165) is 11.1 Å². The number of carbonyl (C=O) groups excluding carboxylic acids is 1. The summed E-state index contributed by atoms with van der Waals surface area (Å²) in [7, 11) is 0. The molecule has 1 aromatic heterocycles. The van der Waals surface area contributed by atoms with Crippen molar-refractivity contribution in [2.24, 2.45) is 0 Å². The van der Waals surface area contributed by atoms with Gasteiger partial charge in [-0.3, -0.25) is 4.79 Å². The van der Waals surface area contributed by atoms with E-state index in [1.165, 1.54) is 0 Å². The molecule has 0 radical (unpaired) electrons. The standard InChI is InChI=1S/C14H15N3O/c1-9-5-6-16-13(7-9)17-14(18)11-4-3-10(2)12(15)8-11/h3-8H,15H2,1-2H3,(H,16,17,18). The van der Waals surface area contributed by atoms with Gasteiger partial charge in [0.05, 0.1) is 0 Å². The predicted octanol–water partition coefficient (Wildman–Crippen LogP) is 2.53.